The molecule has 0 spiro atoms. The van der Waals surface area contributed by atoms with Crippen molar-refractivity contribution >= 4 is 5.88 Å². The molecule has 6 heteroatoms. The summed E-state index contributed by atoms with van der Waals surface area (Å²) in [5, 5.41) is 3.76. The molecule has 1 aliphatic rings. The minimum atomic E-state index is -0.626. The van der Waals surface area contributed by atoms with Gasteiger partial charge in [0.2, 0.25) is 12.7 Å². The first kappa shape index (κ1) is 9.95. The number of halogens is 1. The average Bonchev–Trinajstić information content (AvgIpc) is 2.94. The normalized spacial score (nSPS) is 13.0. The summed E-state index contributed by atoms with van der Waals surface area (Å²) < 4.78 is 28.1. The van der Waals surface area contributed by atoms with Crippen LogP contribution in [-0.4, -0.2) is 11.9 Å². The lowest BCUT2D eigenvalue weighted by atomic mass is 10.0. The molecule has 3 rings (SSSR count). The van der Waals surface area contributed by atoms with E-state index < -0.39 is 6.67 Å². The number of anilines is 1. The van der Waals surface area contributed by atoms with E-state index in [-0.39, 0.29) is 12.7 Å². The Labute approximate surface area is 95.9 Å². The maximum Gasteiger partial charge on any atom is 0.231 e. The van der Waals surface area contributed by atoms with Gasteiger partial charge < -0.3 is 19.7 Å². The van der Waals surface area contributed by atoms with E-state index in [0.29, 0.717) is 28.3 Å². The second-order valence-electron chi connectivity index (χ2n) is 3.61. The third kappa shape index (κ3) is 1.57. The molecular formula is C11H9FN2O3. The van der Waals surface area contributed by atoms with E-state index in [4.69, 9.17) is 19.7 Å². The fourth-order valence-electron chi connectivity index (χ4n) is 1.75. The van der Waals surface area contributed by atoms with Crippen molar-refractivity contribution in [1.82, 2.24) is 5.16 Å². The molecule has 1 aromatic carbocycles. The molecule has 17 heavy (non-hydrogen) atoms. The Morgan fingerprint density at radius 1 is 1.24 bits per heavy atom. The van der Waals surface area contributed by atoms with E-state index in [1.54, 1.807) is 12.1 Å². The van der Waals surface area contributed by atoms with Gasteiger partial charge in [0.05, 0.1) is 0 Å². The standard InChI is InChI=1S/C11H9FN2O3/c12-4-6-1-9-10(16-5-15-9)2-7(6)8-3-11(13)17-14-8/h1-3H,4-5,13H2. The van der Waals surface area contributed by atoms with Crippen LogP contribution in [0.25, 0.3) is 11.3 Å². The van der Waals surface area contributed by atoms with Crippen LogP contribution in [0.3, 0.4) is 0 Å². The molecule has 88 valence electrons. The van der Waals surface area contributed by atoms with E-state index >= 15 is 0 Å². The topological polar surface area (TPSA) is 70.5 Å². The van der Waals surface area contributed by atoms with Gasteiger partial charge in [-0.05, 0) is 17.7 Å². The fourth-order valence-corrected chi connectivity index (χ4v) is 1.75. The number of rotatable bonds is 2. The molecule has 1 aliphatic heterocycles. The molecular weight excluding hydrogens is 227 g/mol. The Morgan fingerprint density at radius 3 is 2.65 bits per heavy atom. The number of benzene rings is 1. The van der Waals surface area contributed by atoms with E-state index in [9.17, 15) is 4.39 Å². The molecule has 0 radical (unpaired) electrons. The third-order valence-corrected chi connectivity index (χ3v) is 2.55. The number of aromatic nitrogens is 1. The van der Waals surface area contributed by atoms with Gasteiger partial charge >= 0.3 is 0 Å². The fraction of sp³-hybridized carbons (Fsp3) is 0.182. The maximum atomic E-state index is 13.0. The molecule has 0 amide bonds. The van der Waals surface area contributed by atoms with Crippen molar-refractivity contribution in [2.45, 2.75) is 6.67 Å². The second kappa shape index (κ2) is 3.65. The molecule has 2 aromatic rings. The second-order valence-corrected chi connectivity index (χ2v) is 3.61. The molecule has 1 aromatic heterocycles. The summed E-state index contributed by atoms with van der Waals surface area (Å²) in [6.45, 7) is -0.482. The highest BCUT2D eigenvalue weighted by molar-refractivity contribution is 5.69. The molecule has 2 N–H and O–H groups in total. The van der Waals surface area contributed by atoms with E-state index in [0.717, 1.165) is 0 Å². The van der Waals surface area contributed by atoms with Crippen LogP contribution in [0.1, 0.15) is 5.56 Å². The van der Waals surface area contributed by atoms with Crippen LogP contribution in [0.5, 0.6) is 11.5 Å². The molecule has 5 nitrogen and oxygen atoms in total. The smallest absolute Gasteiger partial charge is 0.231 e. The molecule has 0 fully saturated rings. The Balaban J connectivity index is 2.15. The zero-order chi connectivity index (χ0) is 11.8. The zero-order valence-corrected chi connectivity index (χ0v) is 8.77. The van der Waals surface area contributed by atoms with Crippen LogP contribution in [0.15, 0.2) is 22.7 Å². The predicted molar refractivity (Wildman–Crippen MR) is 57.3 cm³/mol. The monoisotopic (exact) mass is 236 g/mol. The summed E-state index contributed by atoms with van der Waals surface area (Å²) in [5.41, 5.74) is 6.98. The number of hydrogen-bond donors (Lipinski definition) is 1. The predicted octanol–water partition coefficient (Wildman–Crippen LogP) is 2.12. The quantitative estimate of drug-likeness (QED) is 0.864. The number of nitrogen functional groups attached to an aromatic ring is 1. The summed E-state index contributed by atoms with van der Waals surface area (Å²) in [6.07, 6.45) is 0. The minimum Gasteiger partial charge on any atom is -0.454 e. The molecule has 0 saturated heterocycles. The van der Waals surface area contributed by atoms with Gasteiger partial charge in [-0.25, -0.2) is 4.39 Å². The van der Waals surface area contributed by atoms with E-state index in [1.807, 2.05) is 0 Å². The first-order valence-corrected chi connectivity index (χ1v) is 4.99. The van der Waals surface area contributed by atoms with E-state index in [2.05, 4.69) is 5.16 Å². The number of alkyl halides is 1. The van der Waals surface area contributed by atoms with Gasteiger partial charge in [-0.15, -0.1) is 0 Å². The van der Waals surface area contributed by atoms with Crippen LogP contribution < -0.4 is 15.2 Å². The van der Waals surface area contributed by atoms with Crippen molar-refractivity contribution in [3.05, 3.63) is 23.8 Å². The Hall–Kier alpha value is -2.24. The molecule has 0 atom stereocenters. The molecule has 0 unspecified atom stereocenters. The summed E-state index contributed by atoms with van der Waals surface area (Å²) in [7, 11) is 0. The third-order valence-electron chi connectivity index (χ3n) is 2.55. The van der Waals surface area contributed by atoms with Gasteiger partial charge in [-0.2, -0.15) is 0 Å². The van der Waals surface area contributed by atoms with Crippen molar-refractivity contribution in [3.63, 3.8) is 0 Å². The lowest BCUT2D eigenvalue weighted by Crippen LogP contribution is -1.92. The number of ether oxygens (including phenoxy) is 2. The maximum absolute atomic E-state index is 13.0. The Bertz CT molecular complexity index is 568. The highest BCUT2D eigenvalue weighted by Gasteiger charge is 2.19. The SMILES string of the molecule is Nc1cc(-c2cc3c(cc2CF)OCO3)no1. The van der Waals surface area contributed by atoms with Gasteiger partial charge in [0.25, 0.3) is 0 Å². The minimum absolute atomic E-state index is 0.144. The van der Waals surface area contributed by atoms with Gasteiger partial charge in [0.15, 0.2) is 11.5 Å². The van der Waals surface area contributed by atoms with Gasteiger partial charge in [0.1, 0.15) is 12.4 Å². The van der Waals surface area contributed by atoms with Crippen LogP contribution >= 0.6 is 0 Å². The van der Waals surface area contributed by atoms with Crippen LogP contribution in [-0.2, 0) is 6.67 Å². The molecule has 0 bridgehead atoms. The van der Waals surface area contributed by atoms with Crippen LogP contribution in [0.2, 0.25) is 0 Å². The highest BCUT2D eigenvalue weighted by Crippen LogP contribution is 2.39. The largest absolute Gasteiger partial charge is 0.454 e. The molecule has 0 aliphatic carbocycles. The van der Waals surface area contributed by atoms with Crippen molar-refractivity contribution in [2.75, 3.05) is 12.5 Å². The first-order chi connectivity index (χ1) is 8.28. The van der Waals surface area contributed by atoms with Gasteiger partial charge in [-0.3, -0.25) is 0 Å². The summed E-state index contributed by atoms with van der Waals surface area (Å²) in [6, 6.07) is 4.81. The van der Waals surface area contributed by atoms with Crippen molar-refractivity contribution < 1.29 is 18.4 Å². The summed E-state index contributed by atoms with van der Waals surface area (Å²) >= 11 is 0. The van der Waals surface area contributed by atoms with Gasteiger partial charge in [-0.1, -0.05) is 5.16 Å². The molecule has 0 saturated carbocycles. The Morgan fingerprint density at radius 2 is 2.00 bits per heavy atom. The highest BCUT2D eigenvalue weighted by atomic mass is 19.1. The lowest BCUT2D eigenvalue weighted by molar-refractivity contribution is 0.174. The van der Waals surface area contributed by atoms with Crippen molar-refractivity contribution in [3.8, 4) is 22.8 Å². The number of hydrogen-bond acceptors (Lipinski definition) is 5. The Kier molecular flexibility index (Phi) is 2.14. The van der Waals surface area contributed by atoms with Crippen LogP contribution in [0, 0.1) is 0 Å². The summed E-state index contributed by atoms with van der Waals surface area (Å²) in [5.74, 6) is 1.29. The lowest BCUT2D eigenvalue weighted by Gasteiger charge is -2.05. The number of nitrogens with zero attached hydrogens (tertiary/aromatic N) is 1. The number of fused-ring (bicyclic) bond motifs is 1. The van der Waals surface area contributed by atoms with Gasteiger partial charge in [0, 0.05) is 11.6 Å². The van der Waals surface area contributed by atoms with Crippen LogP contribution in [0.4, 0.5) is 10.3 Å². The van der Waals surface area contributed by atoms with Crippen molar-refractivity contribution in [2.24, 2.45) is 0 Å². The number of nitrogens with two attached hydrogens (primary N) is 1. The average molecular weight is 236 g/mol. The summed E-state index contributed by atoms with van der Waals surface area (Å²) in [4.78, 5) is 0. The van der Waals surface area contributed by atoms with E-state index in [1.165, 1.54) is 6.07 Å². The first-order valence-electron chi connectivity index (χ1n) is 4.99. The zero-order valence-electron chi connectivity index (χ0n) is 8.77. The van der Waals surface area contributed by atoms with Crippen molar-refractivity contribution in [1.29, 1.82) is 0 Å². The molecule has 2 heterocycles.